The van der Waals surface area contributed by atoms with Gasteiger partial charge in [-0.2, -0.15) is 4.98 Å². The zero-order valence-corrected chi connectivity index (χ0v) is 14.2. The first kappa shape index (κ1) is 15.8. The van der Waals surface area contributed by atoms with E-state index in [-0.39, 0.29) is 5.56 Å². The Balaban J connectivity index is 1.55. The molecule has 1 N–H and O–H groups in total. The lowest BCUT2D eigenvalue weighted by molar-refractivity contribution is 0.221. The van der Waals surface area contributed by atoms with Gasteiger partial charge in [0.05, 0.1) is 0 Å². The van der Waals surface area contributed by atoms with E-state index in [9.17, 15) is 4.79 Å². The fourth-order valence-electron chi connectivity index (χ4n) is 3.23. The Morgan fingerprint density at radius 1 is 1.20 bits per heavy atom. The molecule has 3 aromatic rings. The first-order valence-electron chi connectivity index (χ1n) is 8.61. The van der Waals surface area contributed by atoms with Gasteiger partial charge < -0.3 is 4.52 Å². The number of rotatable bonds is 4. The summed E-state index contributed by atoms with van der Waals surface area (Å²) in [6.07, 6.45) is 3.90. The molecular weight excluding hydrogens is 318 g/mol. The summed E-state index contributed by atoms with van der Waals surface area (Å²) in [5, 5.41) is 6.95. The van der Waals surface area contributed by atoms with E-state index in [2.05, 4.69) is 32.3 Å². The van der Waals surface area contributed by atoms with Gasteiger partial charge in [-0.05, 0) is 37.6 Å². The lowest BCUT2D eigenvalue weighted by Crippen LogP contribution is -2.29. The Morgan fingerprint density at radius 2 is 2.04 bits per heavy atom. The first-order chi connectivity index (χ1) is 12.2. The number of benzene rings is 1. The highest BCUT2D eigenvalue weighted by Crippen LogP contribution is 2.22. The third-order valence-electron chi connectivity index (χ3n) is 4.58. The van der Waals surface area contributed by atoms with Crippen LogP contribution in [0.5, 0.6) is 0 Å². The van der Waals surface area contributed by atoms with Gasteiger partial charge >= 0.3 is 0 Å². The SMILES string of the molecule is Cn1[nH]c(-c2nc(-c3cccc(CN4CCCCC4)c3)no2)cc1=O. The normalized spacial score (nSPS) is 15.6. The van der Waals surface area contributed by atoms with Gasteiger partial charge in [0, 0.05) is 25.2 Å². The quantitative estimate of drug-likeness (QED) is 0.789. The number of likely N-dealkylation sites (tertiary alicyclic amines) is 1. The van der Waals surface area contributed by atoms with E-state index in [1.807, 2.05) is 12.1 Å². The Morgan fingerprint density at radius 3 is 2.80 bits per heavy atom. The van der Waals surface area contributed by atoms with Crippen LogP contribution in [0.2, 0.25) is 0 Å². The number of nitrogens with zero attached hydrogens (tertiary/aromatic N) is 4. The van der Waals surface area contributed by atoms with Crippen LogP contribution in [0.25, 0.3) is 23.0 Å². The summed E-state index contributed by atoms with van der Waals surface area (Å²) in [7, 11) is 1.65. The lowest BCUT2D eigenvalue weighted by Gasteiger charge is -2.26. The van der Waals surface area contributed by atoms with Crippen LogP contribution in [-0.2, 0) is 13.6 Å². The van der Waals surface area contributed by atoms with Crippen LogP contribution < -0.4 is 5.56 Å². The highest BCUT2D eigenvalue weighted by Gasteiger charge is 2.15. The van der Waals surface area contributed by atoms with Crippen molar-refractivity contribution in [3.05, 3.63) is 46.2 Å². The second-order valence-electron chi connectivity index (χ2n) is 6.53. The molecule has 0 amide bonds. The lowest BCUT2D eigenvalue weighted by atomic mass is 10.1. The fraction of sp³-hybridized carbons (Fsp3) is 0.389. The molecule has 7 nitrogen and oxygen atoms in total. The number of piperidine rings is 1. The van der Waals surface area contributed by atoms with Crippen molar-refractivity contribution in [2.45, 2.75) is 25.8 Å². The van der Waals surface area contributed by atoms with E-state index in [4.69, 9.17) is 4.52 Å². The third-order valence-corrected chi connectivity index (χ3v) is 4.58. The summed E-state index contributed by atoms with van der Waals surface area (Å²) in [5.74, 6) is 0.842. The van der Waals surface area contributed by atoms with E-state index < -0.39 is 0 Å². The molecule has 7 heteroatoms. The number of aromatic nitrogens is 4. The van der Waals surface area contributed by atoms with Gasteiger partial charge in [-0.15, -0.1) is 0 Å². The van der Waals surface area contributed by atoms with Gasteiger partial charge in [-0.25, -0.2) is 0 Å². The van der Waals surface area contributed by atoms with E-state index >= 15 is 0 Å². The molecule has 0 atom stereocenters. The number of nitrogens with one attached hydrogen (secondary N) is 1. The molecule has 4 rings (SSSR count). The Labute approximate surface area is 145 Å². The summed E-state index contributed by atoms with van der Waals surface area (Å²) >= 11 is 0. The minimum Gasteiger partial charge on any atom is -0.332 e. The van der Waals surface area contributed by atoms with Gasteiger partial charge in [0.25, 0.3) is 11.4 Å². The number of H-pyrrole nitrogens is 1. The summed E-state index contributed by atoms with van der Waals surface area (Å²) < 4.78 is 6.68. The fourth-order valence-corrected chi connectivity index (χ4v) is 3.23. The molecule has 1 aromatic carbocycles. The van der Waals surface area contributed by atoms with Gasteiger partial charge in [0.15, 0.2) is 0 Å². The Kier molecular flexibility index (Phi) is 4.23. The van der Waals surface area contributed by atoms with Crippen LogP contribution in [-0.4, -0.2) is 37.9 Å². The van der Waals surface area contributed by atoms with Crippen LogP contribution >= 0.6 is 0 Å². The molecule has 3 heterocycles. The summed E-state index contributed by atoms with van der Waals surface area (Å²) in [6, 6.07) is 9.69. The molecule has 1 fully saturated rings. The zero-order chi connectivity index (χ0) is 17.2. The minimum atomic E-state index is -0.140. The molecule has 25 heavy (non-hydrogen) atoms. The molecule has 1 aliphatic rings. The van der Waals surface area contributed by atoms with Crippen molar-refractivity contribution in [1.82, 2.24) is 24.8 Å². The van der Waals surface area contributed by atoms with Crippen molar-refractivity contribution in [2.75, 3.05) is 13.1 Å². The molecule has 0 bridgehead atoms. The van der Waals surface area contributed by atoms with Crippen LogP contribution in [0.15, 0.2) is 39.6 Å². The molecule has 0 unspecified atom stereocenters. The van der Waals surface area contributed by atoms with Crippen LogP contribution in [0.4, 0.5) is 0 Å². The van der Waals surface area contributed by atoms with Crippen molar-refractivity contribution < 1.29 is 4.52 Å². The second-order valence-corrected chi connectivity index (χ2v) is 6.53. The Bertz CT molecular complexity index is 917. The predicted octanol–water partition coefficient (Wildman–Crippen LogP) is 2.42. The summed E-state index contributed by atoms with van der Waals surface area (Å²) in [5.41, 5.74) is 2.55. The maximum Gasteiger partial charge on any atom is 0.276 e. The number of hydrogen-bond acceptors (Lipinski definition) is 5. The standard InChI is InChI=1S/C18H21N5O2/c1-22-16(24)11-15(20-22)18-19-17(21-25-18)14-7-5-6-13(10-14)12-23-8-3-2-4-9-23/h5-7,10-11,20H,2-4,8-9,12H2,1H3. The van der Waals surface area contributed by atoms with E-state index in [1.165, 1.54) is 35.6 Å². The molecule has 0 aliphatic carbocycles. The molecule has 0 spiro atoms. The maximum atomic E-state index is 11.6. The highest BCUT2D eigenvalue weighted by molar-refractivity contribution is 5.58. The molecule has 0 radical (unpaired) electrons. The molecule has 0 saturated carbocycles. The largest absolute Gasteiger partial charge is 0.332 e. The summed E-state index contributed by atoms with van der Waals surface area (Å²) in [6.45, 7) is 3.28. The number of aromatic amines is 1. The number of aryl methyl sites for hydroxylation is 1. The highest BCUT2D eigenvalue weighted by atomic mass is 16.5. The van der Waals surface area contributed by atoms with Crippen molar-refractivity contribution >= 4 is 0 Å². The number of hydrogen-bond donors (Lipinski definition) is 1. The zero-order valence-electron chi connectivity index (χ0n) is 14.2. The van der Waals surface area contributed by atoms with Crippen molar-refractivity contribution in [3.63, 3.8) is 0 Å². The van der Waals surface area contributed by atoms with Gasteiger partial charge in [-0.1, -0.05) is 29.8 Å². The van der Waals surface area contributed by atoms with Crippen LogP contribution in [0.1, 0.15) is 24.8 Å². The summed E-state index contributed by atoms with van der Waals surface area (Å²) in [4.78, 5) is 18.5. The minimum absolute atomic E-state index is 0.140. The molecule has 1 aliphatic heterocycles. The third kappa shape index (κ3) is 3.41. The van der Waals surface area contributed by atoms with Gasteiger partial charge in [-0.3, -0.25) is 19.5 Å². The Hall–Kier alpha value is -2.67. The maximum absolute atomic E-state index is 11.6. The molecule has 1 saturated heterocycles. The molecule has 2 aromatic heterocycles. The monoisotopic (exact) mass is 339 g/mol. The van der Waals surface area contributed by atoms with E-state index in [0.717, 1.165) is 25.2 Å². The van der Waals surface area contributed by atoms with E-state index in [0.29, 0.717) is 17.4 Å². The average molecular weight is 339 g/mol. The van der Waals surface area contributed by atoms with Gasteiger partial charge in [0.1, 0.15) is 5.69 Å². The first-order valence-corrected chi connectivity index (χ1v) is 8.61. The van der Waals surface area contributed by atoms with Crippen molar-refractivity contribution in [1.29, 1.82) is 0 Å². The van der Waals surface area contributed by atoms with Gasteiger partial charge in [0.2, 0.25) is 5.82 Å². The molecule has 130 valence electrons. The van der Waals surface area contributed by atoms with Crippen molar-refractivity contribution in [3.8, 4) is 23.0 Å². The van der Waals surface area contributed by atoms with Crippen molar-refractivity contribution in [2.24, 2.45) is 7.05 Å². The molecular formula is C18H21N5O2. The second kappa shape index (κ2) is 6.68. The van der Waals surface area contributed by atoms with Crippen LogP contribution in [0, 0.1) is 0 Å². The van der Waals surface area contributed by atoms with Crippen LogP contribution in [0.3, 0.4) is 0 Å². The average Bonchev–Trinajstić information content (AvgIpc) is 3.24. The smallest absolute Gasteiger partial charge is 0.276 e. The predicted molar refractivity (Wildman–Crippen MR) is 93.9 cm³/mol. The van der Waals surface area contributed by atoms with E-state index in [1.54, 1.807) is 7.05 Å². The topological polar surface area (TPSA) is 80.0 Å².